The molecule has 3 heterocycles. The van der Waals surface area contributed by atoms with E-state index in [2.05, 4.69) is 4.98 Å². The molecule has 2 saturated heterocycles. The Morgan fingerprint density at radius 2 is 1.70 bits per heavy atom. The zero-order valence-electron chi connectivity index (χ0n) is 16.0. The average molecular weight is 447 g/mol. The molecule has 162 valence electrons. The second kappa shape index (κ2) is 7.42. The number of halogens is 5. The molecule has 0 spiro atoms. The number of aromatic nitrogens is 1. The maximum Gasteiger partial charge on any atom is 0.273 e. The highest BCUT2D eigenvalue weighted by Gasteiger charge is 2.47. The van der Waals surface area contributed by atoms with Crippen molar-refractivity contribution >= 4 is 34.3 Å². The number of H-pyrrole nitrogens is 1. The van der Waals surface area contributed by atoms with E-state index in [4.69, 9.17) is 11.6 Å². The summed E-state index contributed by atoms with van der Waals surface area (Å²) in [7, 11) is 0. The number of alkyl halides is 2. The molecule has 2 aliphatic heterocycles. The fraction of sp³-hybridized carbons (Fsp3) is 0.474. The van der Waals surface area contributed by atoms with E-state index in [0.29, 0.717) is 0 Å². The first kappa shape index (κ1) is 20.9. The molecule has 30 heavy (non-hydrogen) atoms. The van der Waals surface area contributed by atoms with Crippen LogP contribution in [0, 0.1) is 11.6 Å². The van der Waals surface area contributed by atoms with Crippen LogP contribution >= 0.6 is 11.6 Å². The van der Waals surface area contributed by atoms with E-state index in [9.17, 15) is 27.2 Å². The Hall–Kier alpha value is -2.33. The minimum absolute atomic E-state index is 0.157. The van der Waals surface area contributed by atoms with Crippen molar-refractivity contribution < 1.29 is 27.2 Å². The van der Waals surface area contributed by atoms with E-state index >= 15 is 0 Å². The molecule has 0 bridgehead atoms. The van der Waals surface area contributed by atoms with Gasteiger partial charge in [0.05, 0.1) is 35.1 Å². The number of rotatable bonds is 3. The van der Waals surface area contributed by atoms with Gasteiger partial charge in [-0.15, -0.1) is 0 Å². The van der Waals surface area contributed by atoms with Gasteiger partial charge in [0.1, 0.15) is 11.5 Å². The van der Waals surface area contributed by atoms with Gasteiger partial charge in [-0.2, -0.15) is 0 Å². The molecule has 1 atom stereocenters. The lowest BCUT2D eigenvalue weighted by Crippen LogP contribution is -2.63. The molecule has 2 fully saturated rings. The van der Waals surface area contributed by atoms with Crippen LogP contribution in [0.5, 0.6) is 0 Å². The van der Waals surface area contributed by atoms with Crippen molar-refractivity contribution in [2.75, 3.05) is 39.3 Å². The maximum absolute atomic E-state index is 14.7. The second-order valence-corrected chi connectivity index (χ2v) is 8.03. The predicted octanol–water partition coefficient (Wildman–Crippen LogP) is 2.72. The van der Waals surface area contributed by atoms with Gasteiger partial charge in [-0.3, -0.25) is 14.5 Å². The Bertz CT molecular complexity index is 1010. The highest BCUT2D eigenvalue weighted by Crippen LogP contribution is 2.31. The number of benzene rings is 1. The SMILES string of the molecule is C[C@@H](C(=O)N1CCN(C(=O)c2[nH]c3ccc(F)c(Cl)c3c2F)CC1)N1CC(F)(F)C1. The number of likely N-dealkylation sites (tertiary alicyclic amines) is 1. The van der Waals surface area contributed by atoms with E-state index in [-0.39, 0.29) is 48.7 Å². The summed E-state index contributed by atoms with van der Waals surface area (Å²) in [6.07, 6.45) is 0. The summed E-state index contributed by atoms with van der Waals surface area (Å²) < 4.78 is 54.4. The molecule has 2 amide bonds. The van der Waals surface area contributed by atoms with Crippen LogP contribution in [-0.4, -0.2) is 82.7 Å². The molecule has 4 rings (SSSR count). The van der Waals surface area contributed by atoms with Crippen molar-refractivity contribution in [1.82, 2.24) is 19.7 Å². The van der Waals surface area contributed by atoms with Crippen LogP contribution < -0.4 is 0 Å². The summed E-state index contributed by atoms with van der Waals surface area (Å²) in [5.41, 5.74) is -0.121. The molecule has 0 unspecified atom stereocenters. The minimum atomic E-state index is -2.75. The summed E-state index contributed by atoms with van der Waals surface area (Å²) in [6.45, 7) is 1.42. The van der Waals surface area contributed by atoms with E-state index < -0.39 is 47.6 Å². The lowest BCUT2D eigenvalue weighted by atomic mass is 10.1. The molecule has 2 aromatic rings. The number of hydrogen-bond acceptors (Lipinski definition) is 3. The fourth-order valence-corrected chi connectivity index (χ4v) is 4.11. The van der Waals surface area contributed by atoms with Crippen molar-refractivity contribution in [2.24, 2.45) is 0 Å². The smallest absolute Gasteiger partial charge is 0.273 e. The highest BCUT2D eigenvalue weighted by molar-refractivity contribution is 6.35. The summed E-state index contributed by atoms with van der Waals surface area (Å²) in [5.74, 6) is -5.37. The third kappa shape index (κ3) is 3.51. The molecule has 6 nitrogen and oxygen atoms in total. The predicted molar refractivity (Wildman–Crippen MR) is 102 cm³/mol. The second-order valence-electron chi connectivity index (χ2n) is 7.65. The normalized spacial score (nSPS) is 20.3. The van der Waals surface area contributed by atoms with Crippen LogP contribution in [0.3, 0.4) is 0 Å². The summed E-state index contributed by atoms with van der Waals surface area (Å²) in [4.78, 5) is 32.2. The highest BCUT2D eigenvalue weighted by atomic mass is 35.5. The topological polar surface area (TPSA) is 59.7 Å². The quantitative estimate of drug-likeness (QED) is 0.738. The van der Waals surface area contributed by atoms with Crippen LogP contribution in [0.1, 0.15) is 17.4 Å². The van der Waals surface area contributed by atoms with Gasteiger partial charge in [0.2, 0.25) is 5.91 Å². The standard InChI is InChI=1S/C19H19ClF4N4O2/c1-10(28-8-19(23,24)9-28)17(29)26-4-6-27(7-5-26)18(30)16-15(22)13-12(25-16)3-2-11(21)14(13)20/h2-3,10,25H,4-9H2,1H3/t10-/m0/s1. The first-order valence-electron chi connectivity index (χ1n) is 9.44. The maximum atomic E-state index is 14.7. The van der Waals surface area contributed by atoms with Crippen molar-refractivity contribution in [3.63, 3.8) is 0 Å². The monoisotopic (exact) mass is 446 g/mol. The summed E-state index contributed by atoms with van der Waals surface area (Å²) >= 11 is 5.82. The third-order valence-corrected chi connectivity index (χ3v) is 6.03. The lowest BCUT2D eigenvalue weighted by molar-refractivity contribution is -0.163. The van der Waals surface area contributed by atoms with Crippen LogP contribution in [0.15, 0.2) is 12.1 Å². The molecule has 0 aliphatic carbocycles. The number of hydrogen-bond donors (Lipinski definition) is 1. The zero-order valence-corrected chi connectivity index (χ0v) is 16.8. The van der Waals surface area contributed by atoms with Crippen LogP contribution in [0.25, 0.3) is 10.9 Å². The Morgan fingerprint density at radius 1 is 1.10 bits per heavy atom. The zero-order chi connectivity index (χ0) is 21.8. The molecule has 1 aromatic heterocycles. The fourth-order valence-electron chi connectivity index (χ4n) is 3.86. The Labute approximate surface area is 174 Å². The van der Waals surface area contributed by atoms with Crippen molar-refractivity contribution in [1.29, 1.82) is 0 Å². The number of amides is 2. The number of piperazine rings is 1. The van der Waals surface area contributed by atoms with Gasteiger partial charge in [-0.25, -0.2) is 17.6 Å². The van der Waals surface area contributed by atoms with Gasteiger partial charge in [-0.05, 0) is 19.1 Å². The number of fused-ring (bicyclic) bond motifs is 1. The van der Waals surface area contributed by atoms with Crippen LogP contribution in [0.2, 0.25) is 5.02 Å². The molecule has 1 N–H and O–H groups in total. The van der Waals surface area contributed by atoms with Gasteiger partial charge in [0, 0.05) is 26.2 Å². The Balaban J connectivity index is 1.41. The number of carbonyl (C=O) groups excluding carboxylic acids is 2. The first-order valence-corrected chi connectivity index (χ1v) is 9.82. The minimum Gasteiger partial charge on any atom is -0.348 e. The molecule has 1 aromatic carbocycles. The molecule has 0 saturated carbocycles. The molecule has 0 radical (unpaired) electrons. The largest absolute Gasteiger partial charge is 0.348 e. The molecular formula is C19H19ClF4N4O2. The van der Waals surface area contributed by atoms with Gasteiger partial charge in [0.25, 0.3) is 11.8 Å². The Kier molecular flexibility index (Phi) is 5.17. The van der Waals surface area contributed by atoms with Crippen molar-refractivity contribution in [2.45, 2.75) is 18.9 Å². The Morgan fingerprint density at radius 3 is 2.30 bits per heavy atom. The lowest BCUT2D eigenvalue weighted by Gasteiger charge is -2.44. The number of carbonyl (C=O) groups is 2. The van der Waals surface area contributed by atoms with Gasteiger partial charge in [0.15, 0.2) is 5.82 Å². The van der Waals surface area contributed by atoms with E-state index in [1.165, 1.54) is 20.8 Å². The van der Waals surface area contributed by atoms with Crippen molar-refractivity contribution in [3.8, 4) is 0 Å². The average Bonchev–Trinajstić information content (AvgIpc) is 3.04. The van der Waals surface area contributed by atoms with Crippen LogP contribution in [-0.2, 0) is 4.79 Å². The van der Waals surface area contributed by atoms with E-state index in [1.807, 2.05) is 0 Å². The number of aromatic amines is 1. The van der Waals surface area contributed by atoms with Gasteiger partial charge >= 0.3 is 0 Å². The third-order valence-electron chi connectivity index (χ3n) is 5.66. The van der Waals surface area contributed by atoms with Gasteiger partial charge < -0.3 is 14.8 Å². The summed E-state index contributed by atoms with van der Waals surface area (Å²) in [6, 6.07) is 1.71. The number of nitrogens with zero attached hydrogens (tertiary/aromatic N) is 3. The molecular weight excluding hydrogens is 428 g/mol. The summed E-state index contributed by atoms with van der Waals surface area (Å²) in [5, 5.41) is -0.588. The molecule has 2 aliphatic rings. The van der Waals surface area contributed by atoms with Crippen LogP contribution in [0.4, 0.5) is 17.6 Å². The van der Waals surface area contributed by atoms with Gasteiger partial charge in [-0.1, -0.05) is 11.6 Å². The first-order chi connectivity index (χ1) is 14.1. The number of nitrogens with one attached hydrogen (secondary N) is 1. The van der Waals surface area contributed by atoms with Crippen molar-refractivity contribution in [3.05, 3.63) is 34.5 Å². The van der Waals surface area contributed by atoms with E-state index in [0.717, 1.165) is 6.07 Å². The van der Waals surface area contributed by atoms with E-state index in [1.54, 1.807) is 6.92 Å². The molecule has 11 heteroatoms.